The zero-order valence-corrected chi connectivity index (χ0v) is 9.57. The molecule has 1 aromatic heterocycles. The fourth-order valence-electron chi connectivity index (χ4n) is 1.25. The van der Waals surface area contributed by atoms with Gasteiger partial charge in [-0.15, -0.1) is 6.58 Å². The highest BCUT2D eigenvalue weighted by molar-refractivity contribution is 7.07. The van der Waals surface area contributed by atoms with Crippen molar-refractivity contribution in [2.24, 2.45) is 0 Å². The molecular formula is C11H13NO3S. The van der Waals surface area contributed by atoms with Gasteiger partial charge in [0.2, 0.25) is 5.91 Å². The number of carbonyl (C=O) groups excluding carboxylic acids is 1. The van der Waals surface area contributed by atoms with Crippen LogP contribution in [0.2, 0.25) is 0 Å². The standard InChI is InChI=1S/C11H13NO3S/c1-2-4-12(7-11(14)15)10(13)6-9-3-5-16-8-9/h2-3,5,8H,1,4,6-7H2,(H,14,15). The van der Waals surface area contributed by atoms with Gasteiger partial charge in [-0.25, -0.2) is 0 Å². The van der Waals surface area contributed by atoms with E-state index in [1.54, 1.807) is 0 Å². The van der Waals surface area contributed by atoms with Crippen LogP contribution < -0.4 is 0 Å². The molecule has 4 nitrogen and oxygen atoms in total. The number of thiophene rings is 1. The lowest BCUT2D eigenvalue weighted by Crippen LogP contribution is -2.36. The minimum atomic E-state index is -1.01. The van der Waals surface area contributed by atoms with Crippen LogP contribution in [0.15, 0.2) is 29.5 Å². The second kappa shape index (κ2) is 6.07. The maximum Gasteiger partial charge on any atom is 0.323 e. The van der Waals surface area contributed by atoms with Crippen molar-refractivity contribution in [1.82, 2.24) is 4.90 Å². The summed E-state index contributed by atoms with van der Waals surface area (Å²) < 4.78 is 0. The molecule has 1 aromatic rings. The lowest BCUT2D eigenvalue weighted by atomic mass is 10.2. The summed E-state index contributed by atoms with van der Waals surface area (Å²) in [6.07, 6.45) is 1.76. The Bertz CT molecular complexity index is 373. The minimum Gasteiger partial charge on any atom is -0.480 e. The summed E-state index contributed by atoms with van der Waals surface area (Å²) in [7, 11) is 0. The second-order valence-electron chi connectivity index (χ2n) is 3.27. The number of hydrogen-bond donors (Lipinski definition) is 1. The summed E-state index contributed by atoms with van der Waals surface area (Å²) in [6, 6.07) is 1.86. The van der Waals surface area contributed by atoms with Crippen LogP contribution in [0.4, 0.5) is 0 Å². The summed E-state index contributed by atoms with van der Waals surface area (Å²) in [5, 5.41) is 12.4. The average molecular weight is 239 g/mol. The number of nitrogens with zero attached hydrogens (tertiary/aromatic N) is 1. The van der Waals surface area contributed by atoms with E-state index in [4.69, 9.17) is 5.11 Å². The van der Waals surface area contributed by atoms with Gasteiger partial charge in [0.15, 0.2) is 0 Å². The molecule has 86 valence electrons. The number of hydrogen-bond acceptors (Lipinski definition) is 3. The van der Waals surface area contributed by atoms with Crippen molar-refractivity contribution in [3.8, 4) is 0 Å². The van der Waals surface area contributed by atoms with E-state index in [0.29, 0.717) is 0 Å². The Morgan fingerprint density at radius 2 is 2.31 bits per heavy atom. The third-order valence-corrected chi connectivity index (χ3v) is 2.70. The Hall–Kier alpha value is -1.62. The zero-order chi connectivity index (χ0) is 12.0. The van der Waals surface area contributed by atoms with Crippen LogP contribution in [-0.4, -0.2) is 35.0 Å². The summed E-state index contributed by atoms with van der Waals surface area (Å²) >= 11 is 1.51. The van der Waals surface area contributed by atoms with Crippen LogP contribution >= 0.6 is 11.3 Å². The number of rotatable bonds is 6. The Morgan fingerprint density at radius 1 is 1.56 bits per heavy atom. The molecule has 0 aromatic carbocycles. The van der Waals surface area contributed by atoms with Gasteiger partial charge in [-0.2, -0.15) is 11.3 Å². The molecule has 1 rings (SSSR count). The van der Waals surface area contributed by atoms with Crippen LogP contribution in [0.25, 0.3) is 0 Å². The van der Waals surface area contributed by atoms with Gasteiger partial charge in [0.25, 0.3) is 0 Å². The number of carboxylic acid groups (broad SMARTS) is 1. The summed E-state index contributed by atoms with van der Waals surface area (Å²) in [5.41, 5.74) is 0.912. The van der Waals surface area contributed by atoms with Crippen LogP contribution in [0.1, 0.15) is 5.56 Å². The van der Waals surface area contributed by atoms with E-state index in [9.17, 15) is 9.59 Å². The zero-order valence-electron chi connectivity index (χ0n) is 8.76. The lowest BCUT2D eigenvalue weighted by molar-refractivity contribution is -0.143. The van der Waals surface area contributed by atoms with Crippen LogP contribution in [0.5, 0.6) is 0 Å². The SMILES string of the molecule is C=CCN(CC(=O)O)C(=O)Cc1ccsc1. The maximum absolute atomic E-state index is 11.8. The van der Waals surface area contributed by atoms with Crippen LogP contribution in [0, 0.1) is 0 Å². The van der Waals surface area contributed by atoms with Gasteiger partial charge < -0.3 is 10.0 Å². The van der Waals surface area contributed by atoms with Crippen molar-refractivity contribution in [3.63, 3.8) is 0 Å². The van der Waals surface area contributed by atoms with E-state index >= 15 is 0 Å². The third-order valence-electron chi connectivity index (χ3n) is 1.96. The smallest absolute Gasteiger partial charge is 0.323 e. The predicted molar refractivity (Wildman–Crippen MR) is 62.4 cm³/mol. The van der Waals surface area contributed by atoms with Crippen LogP contribution in [0.3, 0.4) is 0 Å². The normalized spacial score (nSPS) is 9.75. The fraction of sp³-hybridized carbons (Fsp3) is 0.273. The molecule has 16 heavy (non-hydrogen) atoms. The average Bonchev–Trinajstić information content (AvgIpc) is 2.69. The minimum absolute atomic E-state index is 0.194. The molecule has 0 aliphatic rings. The largest absolute Gasteiger partial charge is 0.480 e. The van der Waals surface area contributed by atoms with Gasteiger partial charge in [-0.3, -0.25) is 9.59 Å². The molecule has 0 saturated carbocycles. The van der Waals surface area contributed by atoms with E-state index in [2.05, 4.69) is 6.58 Å². The Labute approximate surface area is 97.8 Å². The van der Waals surface area contributed by atoms with Gasteiger partial charge in [-0.1, -0.05) is 6.08 Å². The first-order valence-electron chi connectivity index (χ1n) is 4.75. The third kappa shape index (κ3) is 3.86. The summed E-state index contributed by atoms with van der Waals surface area (Å²) in [5.74, 6) is -1.21. The van der Waals surface area contributed by atoms with Crippen molar-refractivity contribution < 1.29 is 14.7 Å². The maximum atomic E-state index is 11.8. The molecule has 0 fully saturated rings. The van der Waals surface area contributed by atoms with Crippen molar-refractivity contribution >= 4 is 23.2 Å². The Balaban J connectivity index is 2.59. The van der Waals surface area contributed by atoms with Gasteiger partial charge >= 0.3 is 5.97 Å². The summed E-state index contributed by atoms with van der Waals surface area (Å²) in [6.45, 7) is 3.48. The molecule has 1 amide bonds. The molecule has 0 radical (unpaired) electrons. The Morgan fingerprint density at radius 3 is 2.81 bits per heavy atom. The number of carboxylic acids is 1. The number of carbonyl (C=O) groups is 2. The van der Waals surface area contributed by atoms with Crippen molar-refractivity contribution in [2.45, 2.75) is 6.42 Å². The Kier molecular flexibility index (Phi) is 4.72. The molecule has 1 heterocycles. The van der Waals surface area contributed by atoms with Crippen molar-refractivity contribution in [2.75, 3.05) is 13.1 Å². The van der Waals surface area contributed by atoms with E-state index in [1.165, 1.54) is 22.3 Å². The quantitative estimate of drug-likeness (QED) is 0.763. The molecule has 0 saturated heterocycles. The lowest BCUT2D eigenvalue weighted by Gasteiger charge is -2.18. The first-order chi connectivity index (χ1) is 7.63. The molecule has 0 unspecified atom stereocenters. The van der Waals surface area contributed by atoms with E-state index in [1.807, 2.05) is 16.8 Å². The highest BCUT2D eigenvalue weighted by Gasteiger charge is 2.15. The first kappa shape index (κ1) is 12.4. The highest BCUT2D eigenvalue weighted by Crippen LogP contribution is 2.08. The number of aliphatic carboxylic acids is 1. The van der Waals surface area contributed by atoms with Crippen molar-refractivity contribution in [1.29, 1.82) is 0 Å². The summed E-state index contributed by atoms with van der Waals surface area (Å²) in [4.78, 5) is 23.6. The van der Waals surface area contributed by atoms with Gasteiger partial charge in [0.1, 0.15) is 6.54 Å². The molecular weight excluding hydrogens is 226 g/mol. The predicted octanol–water partition coefficient (Wildman–Crippen LogP) is 1.39. The highest BCUT2D eigenvalue weighted by atomic mass is 32.1. The van der Waals surface area contributed by atoms with Crippen molar-refractivity contribution in [3.05, 3.63) is 35.0 Å². The molecule has 0 bridgehead atoms. The fourth-order valence-corrected chi connectivity index (χ4v) is 1.92. The topological polar surface area (TPSA) is 57.6 Å². The van der Waals surface area contributed by atoms with Crippen LogP contribution in [-0.2, 0) is 16.0 Å². The second-order valence-corrected chi connectivity index (χ2v) is 4.05. The first-order valence-corrected chi connectivity index (χ1v) is 5.69. The van der Waals surface area contributed by atoms with Gasteiger partial charge in [0.05, 0.1) is 6.42 Å². The molecule has 0 aliphatic heterocycles. The molecule has 0 aliphatic carbocycles. The number of amides is 1. The van der Waals surface area contributed by atoms with E-state index in [0.717, 1.165) is 5.56 Å². The monoisotopic (exact) mass is 239 g/mol. The van der Waals surface area contributed by atoms with E-state index in [-0.39, 0.29) is 25.4 Å². The van der Waals surface area contributed by atoms with Gasteiger partial charge in [0, 0.05) is 6.54 Å². The molecule has 5 heteroatoms. The van der Waals surface area contributed by atoms with Gasteiger partial charge in [-0.05, 0) is 22.4 Å². The molecule has 0 atom stereocenters. The van der Waals surface area contributed by atoms with E-state index < -0.39 is 5.97 Å². The molecule has 0 spiro atoms. The molecule has 1 N–H and O–H groups in total.